The fourth-order valence-electron chi connectivity index (χ4n) is 4.36. The molecule has 0 bridgehead atoms. The molecule has 0 radical (unpaired) electrons. The van der Waals surface area contributed by atoms with Crippen LogP contribution in [0.5, 0.6) is 11.5 Å². The lowest BCUT2D eigenvalue weighted by atomic mass is 10.1. The highest BCUT2D eigenvalue weighted by atomic mass is 32.2. The minimum Gasteiger partial charge on any atom is -0.486 e. The smallest absolute Gasteiger partial charge is 0.257 e. The van der Waals surface area contributed by atoms with Crippen LogP contribution in [0.2, 0.25) is 0 Å². The van der Waals surface area contributed by atoms with Gasteiger partial charge >= 0.3 is 0 Å². The molecular formula is C27H28N4O6S. The number of piperazine rings is 1. The fraction of sp³-hybridized carbons (Fsp3) is 0.259. The van der Waals surface area contributed by atoms with E-state index in [0.717, 1.165) is 0 Å². The zero-order chi connectivity index (χ0) is 26.5. The van der Waals surface area contributed by atoms with Crippen LogP contribution in [0, 0.1) is 0 Å². The molecule has 2 amide bonds. The second kappa shape index (κ2) is 11.2. The first-order valence-electron chi connectivity index (χ1n) is 12.3. The minimum absolute atomic E-state index is 0.0759. The quantitative estimate of drug-likeness (QED) is 0.477. The summed E-state index contributed by atoms with van der Waals surface area (Å²) in [7, 11) is -3.71. The molecule has 5 rings (SSSR count). The average Bonchev–Trinajstić information content (AvgIpc) is 2.94. The van der Waals surface area contributed by atoms with Crippen LogP contribution in [0.15, 0.2) is 77.7 Å². The van der Waals surface area contributed by atoms with Crippen molar-refractivity contribution in [1.82, 2.24) is 9.21 Å². The molecule has 0 aromatic heterocycles. The lowest BCUT2D eigenvalue weighted by Crippen LogP contribution is -2.50. The zero-order valence-electron chi connectivity index (χ0n) is 20.6. The molecule has 10 nitrogen and oxygen atoms in total. The number of ether oxygens (including phenoxy) is 2. The van der Waals surface area contributed by atoms with E-state index in [2.05, 4.69) is 10.6 Å². The second-order valence-corrected chi connectivity index (χ2v) is 10.8. The maximum atomic E-state index is 13.2. The molecule has 0 aliphatic carbocycles. The van der Waals surface area contributed by atoms with Crippen LogP contribution in [-0.2, 0) is 14.8 Å². The summed E-state index contributed by atoms with van der Waals surface area (Å²) in [6.45, 7) is 2.17. The van der Waals surface area contributed by atoms with Crippen molar-refractivity contribution in [3.63, 3.8) is 0 Å². The SMILES string of the molecule is O=C(CN1CCN(S(=O)(=O)c2ccc3c(c2)OCCO3)CC1)Nc1ccccc1C(=O)Nc1ccccc1. The number of fused-ring (bicyclic) bond motifs is 1. The Morgan fingerprint density at radius 2 is 1.47 bits per heavy atom. The Hall–Kier alpha value is -3.93. The van der Waals surface area contributed by atoms with Gasteiger partial charge in [-0.1, -0.05) is 30.3 Å². The Balaban J connectivity index is 1.17. The van der Waals surface area contributed by atoms with Crippen molar-refractivity contribution in [2.45, 2.75) is 4.90 Å². The first kappa shape index (κ1) is 25.7. The molecule has 11 heteroatoms. The Bertz CT molecular complexity index is 1420. The molecule has 1 fully saturated rings. The number of anilines is 2. The number of benzene rings is 3. The Morgan fingerprint density at radius 3 is 2.24 bits per heavy atom. The Labute approximate surface area is 221 Å². The Morgan fingerprint density at radius 1 is 0.789 bits per heavy atom. The number of carbonyl (C=O) groups excluding carboxylic acids is 2. The van der Waals surface area contributed by atoms with Gasteiger partial charge < -0.3 is 20.1 Å². The number of nitrogens with zero attached hydrogens (tertiary/aromatic N) is 2. The molecule has 0 saturated carbocycles. The predicted octanol–water partition coefficient (Wildman–Crippen LogP) is 2.66. The summed E-state index contributed by atoms with van der Waals surface area (Å²) in [4.78, 5) is 27.6. The van der Waals surface area contributed by atoms with Gasteiger partial charge in [0.05, 0.1) is 22.7 Å². The van der Waals surface area contributed by atoms with E-state index >= 15 is 0 Å². The molecule has 3 aromatic carbocycles. The van der Waals surface area contributed by atoms with Gasteiger partial charge in [0.15, 0.2) is 11.5 Å². The normalized spacial score (nSPS) is 16.0. The van der Waals surface area contributed by atoms with Gasteiger partial charge in [0.25, 0.3) is 5.91 Å². The summed E-state index contributed by atoms with van der Waals surface area (Å²) in [5.41, 5.74) is 1.41. The molecule has 1 saturated heterocycles. The van der Waals surface area contributed by atoms with Crippen molar-refractivity contribution in [2.24, 2.45) is 0 Å². The predicted molar refractivity (Wildman–Crippen MR) is 142 cm³/mol. The summed E-state index contributed by atoms with van der Waals surface area (Å²) in [6, 6.07) is 20.5. The lowest BCUT2D eigenvalue weighted by Gasteiger charge is -2.33. The van der Waals surface area contributed by atoms with E-state index in [9.17, 15) is 18.0 Å². The van der Waals surface area contributed by atoms with Crippen molar-refractivity contribution in [3.8, 4) is 11.5 Å². The third-order valence-electron chi connectivity index (χ3n) is 6.33. The highest BCUT2D eigenvalue weighted by Gasteiger charge is 2.30. The van der Waals surface area contributed by atoms with Crippen molar-refractivity contribution in [2.75, 3.05) is 56.6 Å². The van der Waals surface area contributed by atoms with Crippen LogP contribution >= 0.6 is 0 Å². The second-order valence-electron chi connectivity index (χ2n) is 8.90. The van der Waals surface area contributed by atoms with Gasteiger partial charge in [0, 0.05) is 37.9 Å². The molecule has 2 aliphatic rings. The van der Waals surface area contributed by atoms with Gasteiger partial charge in [0.2, 0.25) is 15.9 Å². The molecular weight excluding hydrogens is 508 g/mol. The summed E-state index contributed by atoms with van der Waals surface area (Å²) >= 11 is 0. The first-order chi connectivity index (χ1) is 18.4. The summed E-state index contributed by atoms with van der Waals surface area (Å²) in [5, 5.41) is 5.65. The molecule has 2 heterocycles. The molecule has 198 valence electrons. The van der Waals surface area contributed by atoms with Crippen molar-refractivity contribution in [3.05, 3.63) is 78.4 Å². The first-order valence-corrected chi connectivity index (χ1v) is 13.7. The van der Waals surface area contributed by atoms with E-state index < -0.39 is 10.0 Å². The average molecular weight is 537 g/mol. The summed E-state index contributed by atoms with van der Waals surface area (Å²) in [6.07, 6.45) is 0. The van der Waals surface area contributed by atoms with Crippen molar-refractivity contribution < 1.29 is 27.5 Å². The standard InChI is InChI=1S/C27H28N4O6S/c32-26(29-23-9-5-4-8-22(23)27(33)28-20-6-2-1-3-7-20)19-30-12-14-31(15-13-30)38(34,35)21-10-11-24-25(18-21)37-17-16-36-24/h1-11,18H,12-17,19H2,(H,28,33)(H,29,32). The third kappa shape index (κ3) is 5.80. The van der Waals surface area contributed by atoms with Gasteiger partial charge in [-0.15, -0.1) is 0 Å². The van der Waals surface area contributed by atoms with Crippen LogP contribution < -0.4 is 20.1 Å². The van der Waals surface area contributed by atoms with Crippen molar-refractivity contribution >= 4 is 33.2 Å². The molecule has 2 aliphatic heterocycles. The minimum atomic E-state index is -3.71. The van der Waals surface area contributed by atoms with E-state index in [0.29, 0.717) is 54.7 Å². The third-order valence-corrected chi connectivity index (χ3v) is 8.22. The van der Waals surface area contributed by atoms with E-state index in [1.165, 1.54) is 16.4 Å². The van der Waals surface area contributed by atoms with Crippen LogP contribution in [0.3, 0.4) is 0 Å². The number of nitrogens with one attached hydrogen (secondary N) is 2. The number of hydrogen-bond donors (Lipinski definition) is 2. The number of amides is 2. The van der Waals surface area contributed by atoms with Crippen LogP contribution in [0.25, 0.3) is 0 Å². The van der Waals surface area contributed by atoms with Gasteiger partial charge in [0.1, 0.15) is 13.2 Å². The van der Waals surface area contributed by atoms with Crippen LogP contribution in [0.4, 0.5) is 11.4 Å². The summed E-state index contributed by atoms with van der Waals surface area (Å²) in [5.74, 6) is 0.341. The number of sulfonamides is 1. The van der Waals surface area contributed by atoms with E-state index in [4.69, 9.17) is 9.47 Å². The van der Waals surface area contributed by atoms with Crippen LogP contribution in [-0.4, -0.2) is 75.4 Å². The number of hydrogen-bond acceptors (Lipinski definition) is 7. The Kier molecular flexibility index (Phi) is 7.59. The molecule has 0 spiro atoms. The van der Waals surface area contributed by atoms with Gasteiger partial charge in [-0.3, -0.25) is 14.5 Å². The van der Waals surface area contributed by atoms with Gasteiger partial charge in [-0.2, -0.15) is 4.31 Å². The van der Waals surface area contributed by atoms with Gasteiger partial charge in [-0.05, 0) is 36.4 Å². The number of para-hydroxylation sites is 2. The lowest BCUT2D eigenvalue weighted by molar-refractivity contribution is -0.117. The topological polar surface area (TPSA) is 117 Å². The molecule has 2 N–H and O–H groups in total. The van der Waals surface area contributed by atoms with E-state index in [-0.39, 0.29) is 36.3 Å². The van der Waals surface area contributed by atoms with E-state index in [1.54, 1.807) is 42.5 Å². The van der Waals surface area contributed by atoms with Crippen molar-refractivity contribution in [1.29, 1.82) is 0 Å². The monoisotopic (exact) mass is 536 g/mol. The van der Waals surface area contributed by atoms with E-state index in [1.807, 2.05) is 23.1 Å². The maximum Gasteiger partial charge on any atom is 0.257 e. The fourth-order valence-corrected chi connectivity index (χ4v) is 5.80. The maximum absolute atomic E-state index is 13.2. The van der Waals surface area contributed by atoms with Gasteiger partial charge in [-0.25, -0.2) is 8.42 Å². The van der Waals surface area contributed by atoms with Crippen LogP contribution in [0.1, 0.15) is 10.4 Å². The molecule has 3 aromatic rings. The largest absolute Gasteiger partial charge is 0.486 e. The summed E-state index contributed by atoms with van der Waals surface area (Å²) < 4.78 is 38.8. The number of carbonyl (C=O) groups is 2. The molecule has 38 heavy (non-hydrogen) atoms. The number of rotatable bonds is 7. The highest BCUT2D eigenvalue weighted by molar-refractivity contribution is 7.89. The molecule has 0 unspecified atom stereocenters. The zero-order valence-corrected chi connectivity index (χ0v) is 21.4. The molecule has 0 atom stereocenters. The highest BCUT2D eigenvalue weighted by Crippen LogP contribution is 2.33.